The molecule has 2 aromatic carbocycles. The maximum Gasteiger partial charge on any atom is 0.313 e. The van der Waals surface area contributed by atoms with Crippen LogP contribution < -0.4 is 10.6 Å². The maximum atomic E-state index is 12.8. The van der Waals surface area contributed by atoms with Gasteiger partial charge in [-0.1, -0.05) is 44.2 Å². The van der Waals surface area contributed by atoms with Crippen molar-refractivity contribution >= 4 is 17.5 Å². The number of carbonyl (C=O) groups is 2. The van der Waals surface area contributed by atoms with Crippen molar-refractivity contribution in [1.29, 1.82) is 0 Å². The predicted octanol–water partition coefficient (Wildman–Crippen LogP) is 3.25. The molecule has 0 aromatic heterocycles. The summed E-state index contributed by atoms with van der Waals surface area (Å²) in [4.78, 5) is 23.9. The van der Waals surface area contributed by atoms with Crippen LogP contribution in [0.2, 0.25) is 0 Å². The monoisotopic (exact) mass is 328 g/mol. The van der Waals surface area contributed by atoms with E-state index in [0.717, 1.165) is 11.1 Å². The summed E-state index contributed by atoms with van der Waals surface area (Å²) in [6, 6.07) is 13.5. The van der Waals surface area contributed by atoms with Gasteiger partial charge in [-0.2, -0.15) is 0 Å². The van der Waals surface area contributed by atoms with E-state index in [4.69, 9.17) is 0 Å². The molecular weight excluding hydrogens is 307 g/mol. The van der Waals surface area contributed by atoms with E-state index in [9.17, 15) is 14.0 Å². The Balaban J connectivity index is 1.86. The summed E-state index contributed by atoms with van der Waals surface area (Å²) in [5.41, 5.74) is 2.51. The first-order valence-electron chi connectivity index (χ1n) is 7.90. The van der Waals surface area contributed by atoms with Gasteiger partial charge in [0.15, 0.2) is 0 Å². The average molecular weight is 328 g/mol. The maximum absolute atomic E-state index is 12.8. The van der Waals surface area contributed by atoms with Crippen molar-refractivity contribution in [2.45, 2.75) is 26.2 Å². The zero-order chi connectivity index (χ0) is 17.5. The molecule has 2 rings (SSSR count). The van der Waals surface area contributed by atoms with Gasteiger partial charge in [0.2, 0.25) is 0 Å². The normalized spacial score (nSPS) is 10.5. The van der Waals surface area contributed by atoms with Crippen molar-refractivity contribution in [3.8, 4) is 0 Å². The molecule has 0 radical (unpaired) electrons. The van der Waals surface area contributed by atoms with E-state index in [1.165, 1.54) is 12.1 Å². The highest BCUT2D eigenvalue weighted by Gasteiger charge is 2.15. The van der Waals surface area contributed by atoms with E-state index in [1.807, 2.05) is 32.0 Å². The first-order chi connectivity index (χ1) is 11.5. The molecule has 2 aromatic rings. The molecule has 0 atom stereocenters. The largest absolute Gasteiger partial charge is 0.347 e. The smallest absolute Gasteiger partial charge is 0.313 e. The van der Waals surface area contributed by atoms with Gasteiger partial charge in [-0.15, -0.1) is 0 Å². The van der Waals surface area contributed by atoms with Crippen LogP contribution in [0.25, 0.3) is 0 Å². The quantitative estimate of drug-likeness (QED) is 0.828. The van der Waals surface area contributed by atoms with Crippen molar-refractivity contribution < 1.29 is 14.0 Å². The average Bonchev–Trinajstić information content (AvgIpc) is 2.56. The topological polar surface area (TPSA) is 58.2 Å². The van der Waals surface area contributed by atoms with Gasteiger partial charge in [-0.25, -0.2) is 4.39 Å². The number of carbonyl (C=O) groups excluding carboxylic acids is 2. The standard InChI is InChI=1S/C19H21FN2O2/c1-13(2)16-5-3-4-6-17(16)22-19(24)18(23)21-12-11-14-7-9-15(20)10-8-14/h3-10,13H,11-12H2,1-2H3,(H,21,23)(H,22,24). The van der Waals surface area contributed by atoms with Crippen molar-refractivity contribution in [3.63, 3.8) is 0 Å². The zero-order valence-corrected chi connectivity index (χ0v) is 13.8. The van der Waals surface area contributed by atoms with Gasteiger partial charge in [0.1, 0.15) is 5.82 Å². The summed E-state index contributed by atoms with van der Waals surface area (Å²) in [6.07, 6.45) is 0.530. The van der Waals surface area contributed by atoms with Crippen LogP contribution in [0, 0.1) is 5.82 Å². The van der Waals surface area contributed by atoms with Crippen LogP contribution in [0.15, 0.2) is 48.5 Å². The molecule has 126 valence electrons. The second kappa shape index (κ2) is 8.24. The molecule has 0 aliphatic heterocycles. The van der Waals surface area contributed by atoms with Crippen LogP contribution in [0.5, 0.6) is 0 Å². The molecule has 2 N–H and O–H groups in total. The Morgan fingerprint density at radius 2 is 1.67 bits per heavy atom. The van der Waals surface area contributed by atoms with Gasteiger partial charge < -0.3 is 10.6 Å². The lowest BCUT2D eigenvalue weighted by Crippen LogP contribution is -2.36. The number of benzene rings is 2. The molecule has 5 heteroatoms. The number of rotatable bonds is 5. The van der Waals surface area contributed by atoms with Crippen LogP contribution in [-0.4, -0.2) is 18.4 Å². The molecule has 0 spiro atoms. The SMILES string of the molecule is CC(C)c1ccccc1NC(=O)C(=O)NCCc1ccc(F)cc1. The lowest BCUT2D eigenvalue weighted by molar-refractivity contribution is -0.136. The first-order valence-corrected chi connectivity index (χ1v) is 7.90. The van der Waals surface area contributed by atoms with Crippen molar-refractivity contribution in [3.05, 3.63) is 65.5 Å². The minimum atomic E-state index is -0.692. The highest BCUT2D eigenvalue weighted by atomic mass is 19.1. The van der Waals surface area contributed by atoms with E-state index in [2.05, 4.69) is 10.6 Å². The zero-order valence-electron chi connectivity index (χ0n) is 13.8. The molecule has 0 unspecified atom stereocenters. The minimum Gasteiger partial charge on any atom is -0.347 e. The fourth-order valence-corrected chi connectivity index (χ4v) is 2.35. The van der Waals surface area contributed by atoms with Gasteiger partial charge in [-0.3, -0.25) is 9.59 Å². The number of hydrogen-bond donors (Lipinski definition) is 2. The molecule has 0 saturated heterocycles. The Morgan fingerprint density at radius 1 is 1.00 bits per heavy atom. The molecule has 0 aliphatic rings. The third-order valence-electron chi connectivity index (χ3n) is 3.65. The Kier molecular flexibility index (Phi) is 6.07. The van der Waals surface area contributed by atoms with Crippen LogP contribution >= 0.6 is 0 Å². The summed E-state index contributed by atoms with van der Waals surface area (Å²) in [7, 11) is 0. The lowest BCUT2D eigenvalue weighted by Gasteiger charge is -2.13. The van der Waals surface area contributed by atoms with Gasteiger partial charge in [0.25, 0.3) is 0 Å². The van der Waals surface area contributed by atoms with Gasteiger partial charge >= 0.3 is 11.8 Å². The molecule has 2 amide bonds. The fraction of sp³-hybridized carbons (Fsp3) is 0.263. The Morgan fingerprint density at radius 3 is 2.33 bits per heavy atom. The third kappa shape index (κ3) is 4.91. The van der Waals surface area contributed by atoms with E-state index in [0.29, 0.717) is 18.7 Å². The second-order valence-corrected chi connectivity index (χ2v) is 5.83. The second-order valence-electron chi connectivity index (χ2n) is 5.83. The number of para-hydroxylation sites is 1. The molecule has 0 aliphatic carbocycles. The Labute approximate surface area is 141 Å². The summed E-state index contributed by atoms with van der Waals surface area (Å²) < 4.78 is 12.8. The summed E-state index contributed by atoms with van der Waals surface area (Å²) >= 11 is 0. The Hall–Kier alpha value is -2.69. The molecule has 0 fully saturated rings. The Bertz CT molecular complexity index is 712. The van der Waals surface area contributed by atoms with E-state index >= 15 is 0 Å². The molecular formula is C19H21FN2O2. The third-order valence-corrected chi connectivity index (χ3v) is 3.65. The first kappa shape index (κ1) is 17.7. The fourth-order valence-electron chi connectivity index (χ4n) is 2.35. The molecule has 24 heavy (non-hydrogen) atoms. The van der Waals surface area contributed by atoms with E-state index in [-0.39, 0.29) is 11.7 Å². The summed E-state index contributed by atoms with van der Waals surface area (Å²) in [5, 5.41) is 5.22. The number of anilines is 1. The van der Waals surface area contributed by atoms with E-state index < -0.39 is 11.8 Å². The highest BCUT2D eigenvalue weighted by Crippen LogP contribution is 2.23. The summed E-state index contributed by atoms with van der Waals surface area (Å²) in [5.74, 6) is -1.44. The van der Waals surface area contributed by atoms with Gasteiger partial charge in [0.05, 0.1) is 0 Å². The van der Waals surface area contributed by atoms with Gasteiger partial charge in [0, 0.05) is 12.2 Å². The number of nitrogens with one attached hydrogen (secondary N) is 2. The van der Waals surface area contributed by atoms with Crippen molar-refractivity contribution in [1.82, 2.24) is 5.32 Å². The molecule has 0 saturated carbocycles. The van der Waals surface area contributed by atoms with E-state index in [1.54, 1.807) is 18.2 Å². The lowest BCUT2D eigenvalue weighted by atomic mass is 10.0. The highest BCUT2D eigenvalue weighted by molar-refractivity contribution is 6.39. The van der Waals surface area contributed by atoms with Crippen molar-refractivity contribution in [2.24, 2.45) is 0 Å². The van der Waals surface area contributed by atoms with Crippen LogP contribution in [0.1, 0.15) is 30.9 Å². The molecule has 4 nitrogen and oxygen atoms in total. The van der Waals surface area contributed by atoms with Crippen molar-refractivity contribution in [2.75, 3.05) is 11.9 Å². The minimum absolute atomic E-state index is 0.239. The number of halogens is 1. The number of hydrogen-bond acceptors (Lipinski definition) is 2. The van der Waals surface area contributed by atoms with Crippen LogP contribution in [0.4, 0.5) is 10.1 Å². The molecule has 0 bridgehead atoms. The predicted molar refractivity (Wildman–Crippen MR) is 92.3 cm³/mol. The van der Waals surface area contributed by atoms with Gasteiger partial charge in [-0.05, 0) is 41.7 Å². The van der Waals surface area contributed by atoms with Crippen LogP contribution in [-0.2, 0) is 16.0 Å². The summed E-state index contributed by atoms with van der Waals surface area (Å²) in [6.45, 7) is 4.35. The molecule has 0 heterocycles. The van der Waals surface area contributed by atoms with Crippen LogP contribution in [0.3, 0.4) is 0 Å². The number of amides is 2.